The molecule has 3 N–H and O–H groups in total. The SMILES string of the molecule is CCNC(=NCc1nc(C(F)(F)F)cs1)NCC(C)(C)C(=O)NC.I. The molecule has 0 radical (unpaired) electrons. The van der Waals surface area contributed by atoms with E-state index in [2.05, 4.69) is 25.9 Å². The summed E-state index contributed by atoms with van der Waals surface area (Å²) in [5.74, 6) is 0.291. The van der Waals surface area contributed by atoms with Crippen molar-refractivity contribution < 1.29 is 18.0 Å². The smallest absolute Gasteiger partial charge is 0.359 e. The number of hydrogen-bond donors (Lipinski definition) is 3. The highest BCUT2D eigenvalue weighted by atomic mass is 127. The fourth-order valence-electron chi connectivity index (χ4n) is 1.73. The number of nitrogens with one attached hydrogen (secondary N) is 3. The Hall–Kier alpha value is -1.11. The molecule has 1 heterocycles. The number of aliphatic imine (C=N–C) groups is 1. The molecule has 1 aromatic heterocycles. The van der Waals surface area contributed by atoms with Crippen molar-refractivity contribution in [1.29, 1.82) is 0 Å². The van der Waals surface area contributed by atoms with Crippen LogP contribution in [-0.4, -0.2) is 37.0 Å². The van der Waals surface area contributed by atoms with E-state index in [1.807, 2.05) is 6.92 Å². The van der Waals surface area contributed by atoms with Gasteiger partial charge in [0.15, 0.2) is 11.7 Å². The van der Waals surface area contributed by atoms with Crippen LogP contribution < -0.4 is 16.0 Å². The van der Waals surface area contributed by atoms with Gasteiger partial charge in [0.2, 0.25) is 5.91 Å². The molecule has 0 atom stereocenters. The van der Waals surface area contributed by atoms with Crippen LogP contribution in [0.25, 0.3) is 0 Å². The summed E-state index contributed by atoms with van der Waals surface area (Å²) in [4.78, 5) is 19.5. The quantitative estimate of drug-likeness (QED) is 0.324. The normalized spacial score (nSPS) is 12.4. The van der Waals surface area contributed by atoms with Crippen LogP contribution in [0.4, 0.5) is 13.2 Å². The van der Waals surface area contributed by atoms with Crippen molar-refractivity contribution in [2.24, 2.45) is 10.4 Å². The van der Waals surface area contributed by atoms with E-state index in [0.29, 0.717) is 19.0 Å². The summed E-state index contributed by atoms with van der Waals surface area (Å²) in [6, 6.07) is 0. The largest absolute Gasteiger partial charge is 0.434 e. The zero-order chi connectivity index (χ0) is 18.4. The average molecular weight is 493 g/mol. The van der Waals surface area contributed by atoms with E-state index in [4.69, 9.17) is 0 Å². The number of amides is 1. The van der Waals surface area contributed by atoms with Crippen LogP contribution in [0.1, 0.15) is 31.5 Å². The molecule has 0 aliphatic heterocycles. The molecule has 0 aromatic carbocycles. The fourth-order valence-corrected chi connectivity index (χ4v) is 2.45. The first-order valence-electron chi connectivity index (χ1n) is 7.36. The summed E-state index contributed by atoms with van der Waals surface area (Å²) in [5, 5.41) is 9.82. The molecule has 11 heteroatoms. The molecule has 25 heavy (non-hydrogen) atoms. The first-order chi connectivity index (χ1) is 11.1. The number of rotatable bonds is 6. The molecular formula is C14H23F3IN5OS. The van der Waals surface area contributed by atoms with E-state index in [1.165, 1.54) is 0 Å². The summed E-state index contributed by atoms with van der Waals surface area (Å²) in [6.45, 7) is 6.35. The maximum Gasteiger partial charge on any atom is 0.434 e. The van der Waals surface area contributed by atoms with E-state index >= 15 is 0 Å². The lowest BCUT2D eigenvalue weighted by Crippen LogP contribution is -2.47. The van der Waals surface area contributed by atoms with E-state index in [9.17, 15) is 18.0 Å². The summed E-state index contributed by atoms with van der Waals surface area (Å²) in [6.07, 6.45) is -4.45. The Morgan fingerprint density at radius 3 is 2.44 bits per heavy atom. The Bertz CT molecular complexity index is 589. The predicted molar refractivity (Wildman–Crippen MR) is 103 cm³/mol. The lowest BCUT2D eigenvalue weighted by molar-refractivity contribution is -0.140. The predicted octanol–water partition coefficient (Wildman–Crippen LogP) is 2.61. The Morgan fingerprint density at radius 1 is 1.32 bits per heavy atom. The van der Waals surface area contributed by atoms with Crippen LogP contribution in [-0.2, 0) is 17.5 Å². The maximum atomic E-state index is 12.5. The van der Waals surface area contributed by atoms with Crippen molar-refractivity contribution in [1.82, 2.24) is 20.9 Å². The van der Waals surface area contributed by atoms with E-state index in [0.717, 1.165) is 16.7 Å². The van der Waals surface area contributed by atoms with Crippen molar-refractivity contribution in [3.8, 4) is 0 Å². The number of halogens is 4. The minimum Gasteiger partial charge on any atom is -0.359 e. The molecule has 0 bridgehead atoms. The van der Waals surface area contributed by atoms with Gasteiger partial charge in [0, 0.05) is 25.5 Å². The number of carbonyl (C=O) groups is 1. The Labute approximate surface area is 166 Å². The zero-order valence-electron chi connectivity index (χ0n) is 14.5. The van der Waals surface area contributed by atoms with Gasteiger partial charge in [0.25, 0.3) is 0 Å². The molecular weight excluding hydrogens is 470 g/mol. The third-order valence-corrected chi connectivity index (χ3v) is 3.93. The van der Waals surface area contributed by atoms with E-state index in [-0.39, 0.29) is 41.4 Å². The highest BCUT2D eigenvalue weighted by molar-refractivity contribution is 14.0. The van der Waals surface area contributed by atoms with Crippen LogP contribution in [0.2, 0.25) is 0 Å². The Balaban J connectivity index is 0.00000576. The first-order valence-corrected chi connectivity index (χ1v) is 8.24. The second-order valence-corrected chi connectivity index (χ2v) is 6.58. The number of aromatic nitrogens is 1. The van der Waals surface area contributed by atoms with Gasteiger partial charge in [-0.1, -0.05) is 0 Å². The molecule has 6 nitrogen and oxygen atoms in total. The van der Waals surface area contributed by atoms with Crippen molar-refractivity contribution in [3.63, 3.8) is 0 Å². The van der Waals surface area contributed by atoms with Crippen LogP contribution in [0.3, 0.4) is 0 Å². The third kappa shape index (κ3) is 7.75. The summed E-state index contributed by atoms with van der Waals surface area (Å²) in [5.41, 5.74) is -1.56. The molecule has 0 aliphatic carbocycles. The highest BCUT2D eigenvalue weighted by Crippen LogP contribution is 2.30. The lowest BCUT2D eigenvalue weighted by atomic mass is 9.92. The fraction of sp³-hybridized carbons (Fsp3) is 0.643. The molecule has 0 spiro atoms. The van der Waals surface area contributed by atoms with Crippen molar-refractivity contribution >= 4 is 47.2 Å². The van der Waals surface area contributed by atoms with Gasteiger partial charge < -0.3 is 16.0 Å². The Kier molecular flexibility index (Phi) is 9.69. The molecule has 144 valence electrons. The molecule has 1 aromatic rings. The topological polar surface area (TPSA) is 78.4 Å². The average Bonchev–Trinajstić information content (AvgIpc) is 2.98. The van der Waals surface area contributed by atoms with Crippen LogP contribution in [0.5, 0.6) is 0 Å². The lowest BCUT2D eigenvalue weighted by Gasteiger charge is -2.24. The number of hydrogen-bond acceptors (Lipinski definition) is 4. The minimum atomic E-state index is -4.45. The maximum absolute atomic E-state index is 12.5. The number of alkyl halides is 3. The van der Waals surface area contributed by atoms with Crippen molar-refractivity contribution in [2.45, 2.75) is 33.5 Å². The van der Waals surface area contributed by atoms with Crippen LogP contribution in [0.15, 0.2) is 10.4 Å². The second-order valence-electron chi connectivity index (χ2n) is 5.64. The molecule has 0 unspecified atom stereocenters. The molecule has 1 amide bonds. The van der Waals surface area contributed by atoms with E-state index < -0.39 is 17.3 Å². The third-order valence-electron chi connectivity index (χ3n) is 3.10. The van der Waals surface area contributed by atoms with E-state index in [1.54, 1.807) is 20.9 Å². The molecule has 0 saturated carbocycles. The number of thiazole rings is 1. The van der Waals surface area contributed by atoms with Crippen LogP contribution >= 0.6 is 35.3 Å². The summed E-state index contributed by atoms with van der Waals surface area (Å²) in [7, 11) is 1.56. The van der Waals surface area contributed by atoms with Gasteiger partial charge in [0.1, 0.15) is 5.01 Å². The van der Waals surface area contributed by atoms with Gasteiger partial charge in [-0.3, -0.25) is 4.79 Å². The summed E-state index contributed by atoms with van der Waals surface area (Å²) >= 11 is 0.911. The monoisotopic (exact) mass is 493 g/mol. The number of nitrogens with zero attached hydrogens (tertiary/aromatic N) is 2. The van der Waals surface area contributed by atoms with Gasteiger partial charge in [-0.2, -0.15) is 13.2 Å². The van der Waals surface area contributed by atoms with Crippen LogP contribution in [0, 0.1) is 5.41 Å². The minimum absolute atomic E-state index is 0. The highest BCUT2D eigenvalue weighted by Gasteiger charge is 2.33. The Morgan fingerprint density at radius 2 is 1.96 bits per heavy atom. The van der Waals surface area contributed by atoms with Crippen molar-refractivity contribution in [2.75, 3.05) is 20.1 Å². The molecule has 0 aliphatic rings. The van der Waals surface area contributed by atoms with Gasteiger partial charge in [-0.25, -0.2) is 9.98 Å². The molecule has 0 saturated heterocycles. The molecule has 1 rings (SSSR count). The first kappa shape index (κ1) is 23.9. The molecule has 0 fully saturated rings. The van der Waals surface area contributed by atoms with Gasteiger partial charge in [0.05, 0.1) is 12.0 Å². The number of guanidine groups is 1. The van der Waals surface area contributed by atoms with Gasteiger partial charge in [-0.15, -0.1) is 35.3 Å². The zero-order valence-corrected chi connectivity index (χ0v) is 17.6. The summed E-state index contributed by atoms with van der Waals surface area (Å²) < 4.78 is 37.6. The van der Waals surface area contributed by atoms with Crippen molar-refractivity contribution in [3.05, 3.63) is 16.1 Å². The van der Waals surface area contributed by atoms with Gasteiger partial charge in [-0.05, 0) is 20.8 Å². The van der Waals surface area contributed by atoms with Gasteiger partial charge >= 0.3 is 6.18 Å². The standard InChI is InChI=1S/C14H22F3N5OS.HI/c1-5-19-12(21-8-13(2,3)11(23)18-4)20-6-10-22-9(7-24-10)14(15,16)17;/h7H,5-6,8H2,1-4H3,(H,18,23)(H2,19,20,21);1H. The second kappa shape index (κ2) is 10.1. The number of carbonyl (C=O) groups excluding carboxylic acids is 1.